The maximum atomic E-state index is 12.5. The minimum Gasteiger partial charge on any atom is -0.399 e. The molecule has 98 valence electrons. The van der Waals surface area contributed by atoms with Crippen LogP contribution in [0.3, 0.4) is 0 Å². The Morgan fingerprint density at radius 1 is 1.05 bits per heavy atom. The van der Waals surface area contributed by atoms with Gasteiger partial charge in [0, 0.05) is 24.0 Å². The summed E-state index contributed by atoms with van der Waals surface area (Å²) in [5.74, 6) is -0.0118. The highest BCUT2D eigenvalue weighted by Crippen LogP contribution is 2.19. The molecule has 0 heterocycles. The molecule has 0 atom stereocenters. The number of benzene rings is 2. The molecule has 0 radical (unpaired) electrons. The van der Waals surface area contributed by atoms with E-state index in [-0.39, 0.29) is 5.91 Å². The Labute approximate surface area is 113 Å². The molecule has 1 amide bonds. The van der Waals surface area contributed by atoms with E-state index in [1.165, 1.54) is 0 Å². The summed E-state index contributed by atoms with van der Waals surface area (Å²) in [6.07, 6.45) is 0. The lowest BCUT2D eigenvalue weighted by Crippen LogP contribution is -2.26. The first-order valence-corrected chi connectivity index (χ1v) is 6.20. The van der Waals surface area contributed by atoms with Gasteiger partial charge in [-0.25, -0.2) is 0 Å². The predicted molar refractivity (Wildman–Crippen MR) is 79.5 cm³/mol. The Morgan fingerprint density at radius 2 is 1.68 bits per heavy atom. The summed E-state index contributed by atoms with van der Waals surface area (Å²) in [5.41, 5.74) is 10.1. The minimum absolute atomic E-state index is 0.0118. The standard InChI is InChI=1S/C16H18N2O/c1-11-4-9-15(12(2)10-11)16(19)18(3)14-7-5-13(17)6-8-14/h4-10H,17H2,1-3H3. The molecule has 0 bridgehead atoms. The van der Waals surface area contributed by atoms with Gasteiger partial charge in [-0.2, -0.15) is 0 Å². The van der Waals surface area contributed by atoms with Crippen LogP contribution in [0.5, 0.6) is 0 Å². The molecule has 2 aromatic rings. The Bertz CT molecular complexity index is 603. The van der Waals surface area contributed by atoms with Crippen molar-refractivity contribution in [2.75, 3.05) is 17.7 Å². The molecule has 0 fully saturated rings. The molecule has 0 spiro atoms. The predicted octanol–water partition coefficient (Wildman–Crippen LogP) is 3.16. The molecule has 2 N–H and O–H groups in total. The van der Waals surface area contributed by atoms with Crippen LogP contribution in [0.25, 0.3) is 0 Å². The number of nitrogens with zero attached hydrogens (tertiary/aromatic N) is 1. The Hall–Kier alpha value is -2.29. The molecule has 0 aliphatic carbocycles. The first kappa shape index (κ1) is 13.1. The van der Waals surface area contributed by atoms with Crippen LogP contribution >= 0.6 is 0 Å². The van der Waals surface area contributed by atoms with Crippen LogP contribution < -0.4 is 10.6 Å². The van der Waals surface area contributed by atoms with E-state index in [0.29, 0.717) is 5.69 Å². The number of rotatable bonds is 2. The third-order valence-electron chi connectivity index (χ3n) is 3.20. The van der Waals surface area contributed by atoms with Gasteiger partial charge in [-0.1, -0.05) is 17.7 Å². The zero-order chi connectivity index (χ0) is 14.0. The van der Waals surface area contributed by atoms with Crippen molar-refractivity contribution in [1.82, 2.24) is 0 Å². The number of carbonyl (C=O) groups excluding carboxylic acids is 1. The zero-order valence-corrected chi connectivity index (χ0v) is 11.5. The number of carbonyl (C=O) groups is 1. The van der Waals surface area contributed by atoms with E-state index >= 15 is 0 Å². The summed E-state index contributed by atoms with van der Waals surface area (Å²) in [7, 11) is 1.77. The lowest BCUT2D eigenvalue weighted by molar-refractivity contribution is 0.0992. The Balaban J connectivity index is 2.30. The van der Waals surface area contributed by atoms with Crippen molar-refractivity contribution in [3.05, 3.63) is 59.2 Å². The molecular weight excluding hydrogens is 236 g/mol. The number of nitrogen functional groups attached to an aromatic ring is 1. The van der Waals surface area contributed by atoms with E-state index in [4.69, 9.17) is 5.73 Å². The average molecular weight is 254 g/mol. The monoisotopic (exact) mass is 254 g/mol. The summed E-state index contributed by atoms with van der Waals surface area (Å²) in [4.78, 5) is 14.1. The highest BCUT2D eigenvalue weighted by molar-refractivity contribution is 6.06. The van der Waals surface area contributed by atoms with Crippen LogP contribution in [0.2, 0.25) is 0 Å². The molecular formula is C16H18N2O. The third kappa shape index (κ3) is 2.76. The van der Waals surface area contributed by atoms with Crippen molar-refractivity contribution in [3.8, 4) is 0 Å². The van der Waals surface area contributed by atoms with Gasteiger partial charge in [-0.05, 0) is 49.7 Å². The van der Waals surface area contributed by atoms with Crippen LogP contribution in [-0.2, 0) is 0 Å². The molecule has 19 heavy (non-hydrogen) atoms. The molecule has 2 rings (SSSR count). The second-order valence-corrected chi connectivity index (χ2v) is 4.77. The molecule has 2 aromatic carbocycles. The van der Waals surface area contributed by atoms with Gasteiger partial charge in [0.2, 0.25) is 0 Å². The van der Waals surface area contributed by atoms with E-state index in [9.17, 15) is 4.79 Å². The summed E-state index contributed by atoms with van der Waals surface area (Å²) in [6, 6.07) is 13.1. The van der Waals surface area contributed by atoms with Crippen LogP contribution in [0, 0.1) is 13.8 Å². The van der Waals surface area contributed by atoms with Crippen molar-refractivity contribution in [2.45, 2.75) is 13.8 Å². The van der Waals surface area contributed by atoms with Crippen LogP contribution in [-0.4, -0.2) is 13.0 Å². The van der Waals surface area contributed by atoms with Gasteiger partial charge in [-0.15, -0.1) is 0 Å². The average Bonchev–Trinajstić information content (AvgIpc) is 2.38. The van der Waals surface area contributed by atoms with Gasteiger partial charge in [0.25, 0.3) is 5.91 Å². The SMILES string of the molecule is Cc1ccc(C(=O)N(C)c2ccc(N)cc2)c(C)c1. The summed E-state index contributed by atoms with van der Waals surface area (Å²) >= 11 is 0. The molecule has 0 aliphatic rings. The lowest BCUT2D eigenvalue weighted by atomic mass is 10.0. The fourth-order valence-electron chi connectivity index (χ4n) is 2.05. The van der Waals surface area contributed by atoms with Crippen molar-refractivity contribution in [3.63, 3.8) is 0 Å². The van der Waals surface area contributed by atoms with Crippen LogP contribution in [0.4, 0.5) is 11.4 Å². The number of hydrogen-bond acceptors (Lipinski definition) is 2. The van der Waals surface area contributed by atoms with Crippen molar-refractivity contribution >= 4 is 17.3 Å². The molecule has 0 saturated carbocycles. The van der Waals surface area contributed by atoms with Crippen LogP contribution in [0.15, 0.2) is 42.5 Å². The minimum atomic E-state index is -0.0118. The molecule has 3 nitrogen and oxygen atoms in total. The maximum Gasteiger partial charge on any atom is 0.258 e. The fourth-order valence-corrected chi connectivity index (χ4v) is 2.05. The normalized spacial score (nSPS) is 10.3. The second-order valence-electron chi connectivity index (χ2n) is 4.77. The van der Waals surface area contributed by atoms with E-state index in [1.54, 1.807) is 24.1 Å². The second kappa shape index (κ2) is 5.14. The molecule has 0 aromatic heterocycles. The number of anilines is 2. The van der Waals surface area contributed by atoms with Gasteiger partial charge >= 0.3 is 0 Å². The van der Waals surface area contributed by atoms with Gasteiger partial charge < -0.3 is 10.6 Å². The largest absolute Gasteiger partial charge is 0.399 e. The first-order chi connectivity index (χ1) is 8.99. The van der Waals surface area contributed by atoms with Gasteiger partial charge in [-0.3, -0.25) is 4.79 Å². The number of nitrogens with two attached hydrogens (primary N) is 1. The summed E-state index contributed by atoms with van der Waals surface area (Å²) in [5, 5.41) is 0. The number of hydrogen-bond donors (Lipinski definition) is 1. The van der Waals surface area contributed by atoms with E-state index in [0.717, 1.165) is 22.4 Å². The third-order valence-corrected chi connectivity index (χ3v) is 3.20. The summed E-state index contributed by atoms with van der Waals surface area (Å²) in [6.45, 7) is 3.97. The number of amides is 1. The summed E-state index contributed by atoms with van der Waals surface area (Å²) < 4.78 is 0. The van der Waals surface area contributed by atoms with Gasteiger partial charge in [0.1, 0.15) is 0 Å². The lowest BCUT2D eigenvalue weighted by Gasteiger charge is -2.19. The first-order valence-electron chi connectivity index (χ1n) is 6.20. The highest BCUT2D eigenvalue weighted by atomic mass is 16.2. The van der Waals surface area contributed by atoms with Crippen LogP contribution in [0.1, 0.15) is 21.5 Å². The smallest absolute Gasteiger partial charge is 0.258 e. The van der Waals surface area contributed by atoms with E-state index in [2.05, 4.69) is 0 Å². The Morgan fingerprint density at radius 3 is 2.26 bits per heavy atom. The molecule has 0 aliphatic heterocycles. The molecule has 0 unspecified atom stereocenters. The Kier molecular flexibility index (Phi) is 3.56. The zero-order valence-electron chi connectivity index (χ0n) is 11.5. The fraction of sp³-hybridized carbons (Fsp3) is 0.188. The highest BCUT2D eigenvalue weighted by Gasteiger charge is 2.15. The van der Waals surface area contributed by atoms with Gasteiger partial charge in [0.05, 0.1) is 0 Å². The maximum absolute atomic E-state index is 12.5. The molecule has 3 heteroatoms. The number of aryl methyl sites for hydroxylation is 2. The van der Waals surface area contributed by atoms with Crippen molar-refractivity contribution in [2.24, 2.45) is 0 Å². The van der Waals surface area contributed by atoms with E-state index in [1.807, 2.05) is 44.2 Å². The quantitative estimate of drug-likeness (QED) is 0.837. The topological polar surface area (TPSA) is 46.3 Å². The molecule has 0 saturated heterocycles. The van der Waals surface area contributed by atoms with E-state index < -0.39 is 0 Å². The van der Waals surface area contributed by atoms with Crippen molar-refractivity contribution < 1.29 is 4.79 Å². The van der Waals surface area contributed by atoms with Gasteiger partial charge in [0.15, 0.2) is 0 Å². The van der Waals surface area contributed by atoms with Crippen molar-refractivity contribution in [1.29, 1.82) is 0 Å².